The predicted molar refractivity (Wildman–Crippen MR) is 67.1 cm³/mol. The molecule has 3 nitrogen and oxygen atoms in total. The van der Waals surface area contributed by atoms with Crippen LogP contribution in [0.25, 0.3) is 0 Å². The maximum atomic E-state index is 12.1. The number of nitrogens with zero attached hydrogens (tertiary/aromatic N) is 2. The number of rotatable bonds is 4. The van der Waals surface area contributed by atoms with Crippen molar-refractivity contribution in [3.8, 4) is 0 Å². The molecule has 2 aromatic rings. The summed E-state index contributed by atoms with van der Waals surface area (Å²) in [4.78, 5) is 16.1. The Balaban J connectivity index is 2.23. The molecule has 0 aliphatic heterocycles. The minimum atomic E-state index is 0.0213. The molecule has 0 unspecified atom stereocenters. The fraction of sp³-hybridized carbons (Fsp3) is 0.286. The molecule has 0 spiro atoms. The number of aromatic nitrogens is 2. The summed E-state index contributed by atoms with van der Waals surface area (Å²) >= 11 is 0. The standard InChI is InChI=1S/C14H16N2O/c1-3-4-11-5-7-12(8-6-11)14(17)13-9-15-10-16(13)2/h5-10H,3-4H2,1-2H3. The molecule has 1 aromatic heterocycles. The summed E-state index contributed by atoms with van der Waals surface area (Å²) in [6.45, 7) is 2.15. The van der Waals surface area contributed by atoms with Crippen LogP contribution in [0.4, 0.5) is 0 Å². The fourth-order valence-electron chi connectivity index (χ4n) is 1.84. The fourth-order valence-corrected chi connectivity index (χ4v) is 1.84. The van der Waals surface area contributed by atoms with E-state index >= 15 is 0 Å². The summed E-state index contributed by atoms with van der Waals surface area (Å²) in [5.41, 5.74) is 2.61. The van der Waals surface area contributed by atoms with E-state index in [1.54, 1.807) is 17.1 Å². The SMILES string of the molecule is CCCc1ccc(C(=O)c2cncn2C)cc1. The van der Waals surface area contributed by atoms with E-state index in [0.29, 0.717) is 11.3 Å². The second-order valence-electron chi connectivity index (χ2n) is 4.17. The number of benzene rings is 1. The Kier molecular flexibility index (Phi) is 3.38. The second-order valence-corrected chi connectivity index (χ2v) is 4.17. The molecule has 0 saturated heterocycles. The van der Waals surface area contributed by atoms with Crippen LogP contribution in [0, 0.1) is 0 Å². The van der Waals surface area contributed by atoms with Crippen molar-refractivity contribution in [2.45, 2.75) is 19.8 Å². The highest BCUT2D eigenvalue weighted by atomic mass is 16.1. The number of carbonyl (C=O) groups is 1. The van der Waals surface area contributed by atoms with E-state index in [9.17, 15) is 4.79 Å². The topological polar surface area (TPSA) is 34.9 Å². The van der Waals surface area contributed by atoms with Gasteiger partial charge >= 0.3 is 0 Å². The number of hydrogen-bond acceptors (Lipinski definition) is 2. The van der Waals surface area contributed by atoms with Crippen molar-refractivity contribution in [3.05, 3.63) is 53.6 Å². The van der Waals surface area contributed by atoms with E-state index < -0.39 is 0 Å². The summed E-state index contributed by atoms with van der Waals surface area (Å²) in [7, 11) is 1.83. The van der Waals surface area contributed by atoms with Crippen LogP contribution in [-0.2, 0) is 13.5 Å². The molecule has 3 heteroatoms. The molecule has 88 valence electrons. The molecule has 0 atom stereocenters. The number of carbonyl (C=O) groups excluding carboxylic acids is 1. The highest BCUT2D eigenvalue weighted by Crippen LogP contribution is 2.11. The van der Waals surface area contributed by atoms with Crippen LogP contribution >= 0.6 is 0 Å². The van der Waals surface area contributed by atoms with E-state index in [1.807, 2.05) is 31.3 Å². The Morgan fingerprint density at radius 2 is 2.00 bits per heavy atom. The zero-order valence-corrected chi connectivity index (χ0v) is 10.2. The number of ketones is 1. The zero-order chi connectivity index (χ0) is 12.3. The third-order valence-corrected chi connectivity index (χ3v) is 2.80. The van der Waals surface area contributed by atoms with E-state index in [4.69, 9.17) is 0 Å². The van der Waals surface area contributed by atoms with Crippen molar-refractivity contribution in [1.82, 2.24) is 9.55 Å². The summed E-state index contributed by atoms with van der Waals surface area (Å²) in [5, 5.41) is 0. The van der Waals surface area contributed by atoms with Gasteiger partial charge in [0.05, 0.1) is 12.5 Å². The summed E-state index contributed by atoms with van der Waals surface area (Å²) in [5.74, 6) is 0.0213. The average Bonchev–Trinajstić information content (AvgIpc) is 2.76. The Morgan fingerprint density at radius 1 is 1.29 bits per heavy atom. The first-order chi connectivity index (χ1) is 8.22. The van der Waals surface area contributed by atoms with Crippen molar-refractivity contribution >= 4 is 5.78 Å². The largest absolute Gasteiger partial charge is 0.331 e. The predicted octanol–water partition coefficient (Wildman–Crippen LogP) is 2.60. The molecule has 17 heavy (non-hydrogen) atoms. The molecule has 1 aromatic carbocycles. The first-order valence-electron chi connectivity index (χ1n) is 5.82. The number of imidazole rings is 1. The quantitative estimate of drug-likeness (QED) is 0.754. The summed E-state index contributed by atoms with van der Waals surface area (Å²) in [6, 6.07) is 7.82. The van der Waals surface area contributed by atoms with Gasteiger partial charge in [0, 0.05) is 12.6 Å². The molecule has 0 fully saturated rings. The van der Waals surface area contributed by atoms with Gasteiger partial charge in [-0.15, -0.1) is 0 Å². The van der Waals surface area contributed by atoms with E-state index in [0.717, 1.165) is 12.8 Å². The Bertz CT molecular complexity index is 511. The maximum absolute atomic E-state index is 12.1. The lowest BCUT2D eigenvalue weighted by atomic mass is 10.0. The van der Waals surface area contributed by atoms with Crippen molar-refractivity contribution in [2.75, 3.05) is 0 Å². The maximum Gasteiger partial charge on any atom is 0.210 e. The average molecular weight is 228 g/mol. The van der Waals surface area contributed by atoms with Gasteiger partial charge in [0.25, 0.3) is 0 Å². The van der Waals surface area contributed by atoms with Crippen molar-refractivity contribution in [2.24, 2.45) is 7.05 Å². The van der Waals surface area contributed by atoms with Crippen molar-refractivity contribution in [1.29, 1.82) is 0 Å². The normalized spacial score (nSPS) is 10.5. The monoisotopic (exact) mass is 228 g/mol. The van der Waals surface area contributed by atoms with E-state index in [-0.39, 0.29) is 5.78 Å². The van der Waals surface area contributed by atoms with E-state index in [2.05, 4.69) is 11.9 Å². The van der Waals surface area contributed by atoms with Crippen molar-refractivity contribution < 1.29 is 4.79 Å². The minimum absolute atomic E-state index is 0.0213. The molecule has 0 amide bonds. The van der Waals surface area contributed by atoms with Crippen LogP contribution < -0.4 is 0 Å². The van der Waals surface area contributed by atoms with Crippen LogP contribution in [-0.4, -0.2) is 15.3 Å². The molecule has 2 rings (SSSR count). The molecule has 1 heterocycles. The third kappa shape index (κ3) is 2.44. The zero-order valence-electron chi connectivity index (χ0n) is 10.2. The molecule has 0 bridgehead atoms. The van der Waals surface area contributed by atoms with Gasteiger partial charge in [0.2, 0.25) is 5.78 Å². The van der Waals surface area contributed by atoms with Gasteiger partial charge in [0.15, 0.2) is 0 Å². The minimum Gasteiger partial charge on any atom is -0.331 e. The number of aryl methyl sites for hydroxylation is 2. The highest BCUT2D eigenvalue weighted by Gasteiger charge is 2.11. The smallest absolute Gasteiger partial charge is 0.210 e. The van der Waals surface area contributed by atoms with Gasteiger partial charge in [-0.2, -0.15) is 0 Å². The molecule has 0 N–H and O–H groups in total. The molecule has 0 aliphatic carbocycles. The second kappa shape index (κ2) is 4.95. The van der Waals surface area contributed by atoms with Gasteiger partial charge in [0.1, 0.15) is 5.69 Å². The Labute approximate surface area is 101 Å². The highest BCUT2D eigenvalue weighted by molar-refractivity contribution is 6.07. The van der Waals surface area contributed by atoms with Crippen LogP contribution in [0.15, 0.2) is 36.8 Å². The van der Waals surface area contributed by atoms with Crippen molar-refractivity contribution in [3.63, 3.8) is 0 Å². The Morgan fingerprint density at radius 3 is 2.53 bits per heavy atom. The van der Waals surface area contributed by atoms with E-state index in [1.165, 1.54) is 5.56 Å². The number of hydrogen-bond donors (Lipinski definition) is 0. The van der Waals surface area contributed by atoms with Crippen LogP contribution in [0.3, 0.4) is 0 Å². The third-order valence-electron chi connectivity index (χ3n) is 2.80. The molecule has 0 aliphatic rings. The molecular weight excluding hydrogens is 212 g/mol. The van der Waals surface area contributed by atoms with Gasteiger partial charge < -0.3 is 4.57 Å². The molecule has 0 saturated carbocycles. The lowest BCUT2D eigenvalue weighted by molar-refractivity contribution is 0.103. The van der Waals surface area contributed by atoms with Crippen LogP contribution in [0.2, 0.25) is 0 Å². The van der Waals surface area contributed by atoms with Gasteiger partial charge in [-0.3, -0.25) is 4.79 Å². The lowest BCUT2D eigenvalue weighted by Crippen LogP contribution is -2.06. The van der Waals surface area contributed by atoms with Gasteiger partial charge in [-0.1, -0.05) is 37.6 Å². The Hall–Kier alpha value is -1.90. The summed E-state index contributed by atoms with van der Waals surface area (Å²) in [6.07, 6.45) is 5.41. The molecule has 0 radical (unpaired) electrons. The lowest BCUT2D eigenvalue weighted by Gasteiger charge is -2.03. The van der Waals surface area contributed by atoms with Gasteiger partial charge in [-0.25, -0.2) is 4.98 Å². The van der Waals surface area contributed by atoms with Crippen LogP contribution in [0.1, 0.15) is 35.0 Å². The summed E-state index contributed by atoms with van der Waals surface area (Å²) < 4.78 is 1.74. The van der Waals surface area contributed by atoms with Gasteiger partial charge in [-0.05, 0) is 12.0 Å². The first-order valence-corrected chi connectivity index (χ1v) is 5.82. The molecular formula is C14H16N2O. The first kappa shape index (κ1) is 11.6. The van der Waals surface area contributed by atoms with Crippen LogP contribution in [0.5, 0.6) is 0 Å².